The minimum atomic E-state index is -0.685. The fraction of sp³-hybridized carbons (Fsp3) is 0.949. The number of carbonyl (C=O) groups is 2. The van der Waals surface area contributed by atoms with Crippen LogP contribution in [0.15, 0.2) is 0 Å². The smallest absolute Gasteiger partial charge is 0.306 e. The van der Waals surface area contributed by atoms with Crippen molar-refractivity contribution >= 4 is 11.9 Å². The molecule has 0 aromatic rings. The largest absolute Gasteiger partial charge is 0.481 e. The minimum absolute atomic E-state index is 0.0193. The predicted octanol–water partition coefficient (Wildman–Crippen LogP) is 13.3. The Morgan fingerprint density at radius 2 is 0.698 bits per heavy atom. The molecule has 0 aliphatic carbocycles. The Kier molecular flexibility index (Phi) is 34.5. The van der Waals surface area contributed by atoms with Crippen LogP contribution >= 0.6 is 0 Å². The first-order valence-electron chi connectivity index (χ1n) is 19.5. The number of carbonyl (C=O) groups excluding carboxylic acids is 1. The van der Waals surface area contributed by atoms with E-state index in [1.165, 1.54) is 148 Å². The first-order chi connectivity index (χ1) is 21.1. The van der Waals surface area contributed by atoms with Crippen molar-refractivity contribution < 1.29 is 19.4 Å². The highest BCUT2D eigenvalue weighted by atomic mass is 16.5. The molecule has 0 saturated carbocycles. The number of carboxylic acids is 1. The van der Waals surface area contributed by atoms with Gasteiger partial charge in [-0.25, -0.2) is 0 Å². The first-order valence-corrected chi connectivity index (χ1v) is 19.5. The van der Waals surface area contributed by atoms with Gasteiger partial charge in [-0.1, -0.05) is 181 Å². The SMILES string of the molecule is CCCCCCCCCCCCCCCCCCCCCC(=O)OC(CCCCCC)CCCCCCCCCC(=O)O. The summed E-state index contributed by atoms with van der Waals surface area (Å²) < 4.78 is 5.96. The Morgan fingerprint density at radius 1 is 0.419 bits per heavy atom. The summed E-state index contributed by atoms with van der Waals surface area (Å²) in [6.07, 6.45) is 41.5. The normalized spacial score (nSPS) is 12.0. The topological polar surface area (TPSA) is 63.6 Å². The zero-order valence-corrected chi connectivity index (χ0v) is 29.3. The zero-order valence-electron chi connectivity index (χ0n) is 29.3. The van der Waals surface area contributed by atoms with E-state index < -0.39 is 5.97 Å². The van der Waals surface area contributed by atoms with E-state index in [1.807, 2.05) is 0 Å². The quantitative estimate of drug-likeness (QED) is 0.0567. The number of esters is 1. The minimum Gasteiger partial charge on any atom is -0.481 e. The third-order valence-electron chi connectivity index (χ3n) is 9.08. The Morgan fingerprint density at radius 3 is 1.05 bits per heavy atom. The van der Waals surface area contributed by atoms with E-state index in [0.29, 0.717) is 12.8 Å². The van der Waals surface area contributed by atoms with Crippen LogP contribution in [0.3, 0.4) is 0 Å². The molecule has 0 aliphatic heterocycles. The summed E-state index contributed by atoms with van der Waals surface area (Å²) in [7, 11) is 0. The fourth-order valence-corrected chi connectivity index (χ4v) is 6.19. The van der Waals surface area contributed by atoms with Gasteiger partial charge < -0.3 is 9.84 Å². The van der Waals surface area contributed by atoms with Gasteiger partial charge in [0.25, 0.3) is 0 Å². The van der Waals surface area contributed by atoms with E-state index in [4.69, 9.17) is 9.84 Å². The molecule has 1 N–H and O–H groups in total. The molecular formula is C39H76O4. The Balaban J connectivity index is 3.68. The lowest BCUT2D eigenvalue weighted by Crippen LogP contribution is -2.18. The van der Waals surface area contributed by atoms with E-state index in [1.54, 1.807) is 0 Å². The van der Waals surface area contributed by atoms with Crippen molar-refractivity contribution in [3.63, 3.8) is 0 Å². The van der Waals surface area contributed by atoms with E-state index >= 15 is 0 Å². The maximum Gasteiger partial charge on any atom is 0.306 e. The molecule has 0 bridgehead atoms. The van der Waals surface area contributed by atoms with Gasteiger partial charge in [-0.2, -0.15) is 0 Å². The second-order valence-corrected chi connectivity index (χ2v) is 13.5. The molecule has 0 radical (unpaired) electrons. The van der Waals surface area contributed by atoms with Crippen molar-refractivity contribution in [3.8, 4) is 0 Å². The lowest BCUT2D eigenvalue weighted by molar-refractivity contribution is -0.150. The number of unbranched alkanes of at least 4 members (excludes halogenated alkanes) is 27. The molecule has 0 aromatic heterocycles. The summed E-state index contributed by atoms with van der Waals surface area (Å²) in [5, 5.41) is 8.72. The van der Waals surface area contributed by atoms with E-state index in [0.717, 1.165) is 57.8 Å². The van der Waals surface area contributed by atoms with Crippen LogP contribution in [0.1, 0.15) is 232 Å². The van der Waals surface area contributed by atoms with Gasteiger partial charge in [0.05, 0.1) is 0 Å². The van der Waals surface area contributed by atoms with Crippen LogP contribution in [0, 0.1) is 0 Å². The molecule has 1 atom stereocenters. The summed E-state index contributed by atoms with van der Waals surface area (Å²) >= 11 is 0. The van der Waals surface area contributed by atoms with Crippen molar-refractivity contribution in [3.05, 3.63) is 0 Å². The first kappa shape index (κ1) is 41.9. The highest BCUT2D eigenvalue weighted by Gasteiger charge is 2.14. The molecule has 4 nitrogen and oxygen atoms in total. The summed E-state index contributed by atoms with van der Waals surface area (Å²) in [6, 6.07) is 0. The molecular weight excluding hydrogens is 532 g/mol. The third kappa shape index (κ3) is 35.3. The second kappa shape index (κ2) is 35.4. The van der Waals surface area contributed by atoms with Gasteiger partial charge in [-0.05, 0) is 38.5 Å². The van der Waals surface area contributed by atoms with Crippen LogP contribution in [0.2, 0.25) is 0 Å². The number of rotatable bonds is 36. The van der Waals surface area contributed by atoms with Crippen LogP contribution in [-0.2, 0) is 14.3 Å². The van der Waals surface area contributed by atoms with Crippen molar-refractivity contribution in [1.82, 2.24) is 0 Å². The molecule has 43 heavy (non-hydrogen) atoms. The van der Waals surface area contributed by atoms with Gasteiger partial charge in [0.2, 0.25) is 0 Å². The van der Waals surface area contributed by atoms with Gasteiger partial charge in [0.15, 0.2) is 0 Å². The Hall–Kier alpha value is -1.06. The molecule has 0 rings (SSSR count). The average Bonchev–Trinajstić information content (AvgIpc) is 2.99. The van der Waals surface area contributed by atoms with Crippen LogP contribution in [0.4, 0.5) is 0 Å². The number of ether oxygens (including phenoxy) is 1. The summed E-state index contributed by atoms with van der Waals surface area (Å²) in [4.78, 5) is 23.1. The molecule has 256 valence electrons. The van der Waals surface area contributed by atoms with E-state index in [-0.39, 0.29) is 12.1 Å². The predicted molar refractivity (Wildman–Crippen MR) is 186 cm³/mol. The Labute approximate surface area is 269 Å². The van der Waals surface area contributed by atoms with Gasteiger partial charge in [0, 0.05) is 12.8 Å². The molecule has 0 aliphatic rings. The van der Waals surface area contributed by atoms with Crippen LogP contribution in [0.25, 0.3) is 0 Å². The summed E-state index contributed by atoms with van der Waals surface area (Å²) in [5.74, 6) is -0.666. The molecule has 4 heteroatoms. The zero-order chi connectivity index (χ0) is 31.5. The van der Waals surface area contributed by atoms with Gasteiger partial charge in [-0.3, -0.25) is 9.59 Å². The molecule has 0 amide bonds. The number of carboxylic acid groups (broad SMARTS) is 1. The van der Waals surface area contributed by atoms with E-state index in [2.05, 4.69) is 13.8 Å². The van der Waals surface area contributed by atoms with Crippen molar-refractivity contribution in [2.75, 3.05) is 0 Å². The van der Waals surface area contributed by atoms with Gasteiger partial charge >= 0.3 is 11.9 Å². The van der Waals surface area contributed by atoms with E-state index in [9.17, 15) is 9.59 Å². The summed E-state index contributed by atoms with van der Waals surface area (Å²) in [6.45, 7) is 4.53. The van der Waals surface area contributed by atoms with Crippen molar-refractivity contribution in [2.45, 2.75) is 238 Å². The van der Waals surface area contributed by atoms with Crippen LogP contribution < -0.4 is 0 Å². The lowest BCUT2D eigenvalue weighted by atomic mass is 10.0. The lowest BCUT2D eigenvalue weighted by Gasteiger charge is -2.18. The van der Waals surface area contributed by atoms with Crippen molar-refractivity contribution in [1.29, 1.82) is 0 Å². The summed E-state index contributed by atoms with van der Waals surface area (Å²) in [5.41, 5.74) is 0. The average molecular weight is 609 g/mol. The van der Waals surface area contributed by atoms with Crippen LogP contribution in [0.5, 0.6) is 0 Å². The van der Waals surface area contributed by atoms with Gasteiger partial charge in [-0.15, -0.1) is 0 Å². The molecule has 0 fully saturated rings. The molecule has 1 unspecified atom stereocenters. The van der Waals surface area contributed by atoms with Gasteiger partial charge in [0.1, 0.15) is 6.10 Å². The maximum absolute atomic E-state index is 12.5. The monoisotopic (exact) mass is 609 g/mol. The number of hydrogen-bond acceptors (Lipinski definition) is 3. The molecule has 0 heterocycles. The second-order valence-electron chi connectivity index (χ2n) is 13.5. The molecule has 0 saturated heterocycles. The van der Waals surface area contributed by atoms with Crippen molar-refractivity contribution in [2.24, 2.45) is 0 Å². The highest BCUT2D eigenvalue weighted by molar-refractivity contribution is 5.69. The maximum atomic E-state index is 12.5. The molecule has 0 aromatic carbocycles. The third-order valence-corrected chi connectivity index (χ3v) is 9.08. The number of hydrogen-bond donors (Lipinski definition) is 1. The number of aliphatic carboxylic acids is 1. The Bertz CT molecular complexity index is 576. The fourth-order valence-electron chi connectivity index (χ4n) is 6.19. The standard InChI is InChI=1S/C39H76O4/c1-3-5-7-9-10-11-12-13-14-15-16-17-18-19-20-21-25-28-32-36-39(42)43-37(33-29-8-6-4-2)34-30-26-23-22-24-27-31-35-38(40)41/h37H,3-36H2,1-2H3,(H,40,41). The van der Waals surface area contributed by atoms with Crippen LogP contribution in [-0.4, -0.2) is 23.1 Å². The molecule has 0 spiro atoms. The highest BCUT2D eigenvalue weighted by Crippen LogP contribution is 2.19.